The first kappa shape index (κ1) is 17.2. The Bertz CT molecular complexity index is 850. The number of ketones is 1. The van der Waals surface area contributed by atoms with Crippen molar-refractivity contribution >= 4 is 22.6 Å². The van der Waals surface area contributed by atoms with E-state index in [4.69, 9.17) is 4.74 Å². The molecule has 1 aromatic carbocycles. The Morgan fingerprint density at radius 1 is 1.36 bits per heavy atom. The number of hydrogen-bond acceptors (Lipinski definition) is 4. The molecule has 6 heteroatoms. The Balaban J connectivity index is 2.15. The number of hydrogen-bond donors (Lipinski definition) is 2. The monoisotopic (exact) mass is 342 g/mol. The molecule has 3 rings (SSSR count). The van der Waals surface area contributed by atoms with Crippen LogP contribution < -0.4 is 0 Å². The number of carbonyl (C=O) groups is 2. The van der Waals surface area contributed by atoms with Crippen LogP contribution in [0.3, 0.4) is 0 Å². The fraction of sp³-hybridized carbons (Fsp3) is 0.368. The van der Waals surface area contributed by atoms with Gasteiger partial charge >= 0.3 is 0 Å². The number of aromatic amines is 1. The lowest BCUT2D eigenvalue weighted by molar-refractivity contribution is -0.130. The molecule has 0 saturated carbocycles. The van der Waals surface area contributed by atoms with Crippen LogP contribution in [0, 0.1) is 5.92 Å². The van der Waals surface area contributed by atoms with Gasteiger partial charge in [-0.15, -0.1) is 0 Å². The minimum atomic E-state index is -0.617. The lowest BCUT2D eigenvalue weighted by atomic mass is 9.91. The molecule has 1 amide bonds. The molecule has 0 fully saturated rings. The lowest BCUT2D eigenvalue weighted by Crippen LogP contribution is -2.34. The number of Topliss-reactive ketones (excluding diaryl/α,β-unsaturated/α-hetero) is 1. The zero-order valence-electron chi connectivity index (χ0n) is 14.6. The molecule has 1 aliphatic rings. The van der Waals surface area contributed by atoms with E-state index in [2.05, 4.69) is 4.98 Å². The van der Waals surface area contributed by atoms with E-state index in [9.17, 15) is 14.7 Å². The lowest BCUT2D eigenvalue weighted by Gasteiger charge is -2.26. The van der Waals surface area contributed by atoms with Crippen LogP contribution in [-0.2, 0) is 14.3 Å². The van der Waals surface area contributed by atoms with Crippen LogP contribution in [-0.4, -0.2) is 46.9 Å². The summed E-state index contributed by atoms with van der Waals surface area (Å²) >= 11 is 0. The number of benzene rings is 1. The molecule has 0 radical (unpaired) electrons. The van der Waals surface area contributed by atoms with Gasteiger partial charge in [-0.3, -0.25) is 9.59 Å². The second-order valence-electron chi connectivity index (χ2n) is 6.46. The maximum Gasteiger partial charge on any atom is 0.290 e. The molecular formula is C19H22N2O4. The molecule has 25 heavy (non-hydrogen) atoms. The van der Waals surface area contributed by atoms with Crippen LogP contribution >= 0.6 is 0 Å². The van der Waals surface area contributed by atoms with Crippen molar-refractivity contribution in [2.75, 3.05) is 20.3 Å². The summed E-state index contributed by atoms with van der Waals surface area (Å²) in [6.45, 7) is 4.13. The van der Waals surface area contributed by atoms with Crippen LogP contribution in [0.4, 0.5) is 0 Å². The molecule has 2 aromatic rings. The van der Waals surface area contributed by atoms with Gasteiger partial charge in [0.25, 0.3) is 5.91 Å². The third-order valence-electron chi connectivity index (χ3n) is 4.55. The number of fused-ring (bicyclic) bond motifs is 1. The SMILES string of the molecule is COCCN1C(=O)C(O)=C(C(=O)C(C)C)C1c1c[nH]c2ccccc12. The summed E-state index contributed by atoms with van der Waals surface area (Å²) in [5, 5.41) is 11.3. The largest absolute Gasteiger partial charge is 0.503 e. The van der Waals surface area contributed by atoms with Crippen molar-refractivity contribution in [2.24, 2.45) is 5.92 Å². The number of para-hydroxylation sites is 1. The molecule has 1 aliphatic heterocycles. The molecule has 2 N–H and O–H groups in total. The van der Waals surface area contributed by atoms with Gasteiger partial charge in [0.15, 0.2) is 11.5 Å². The number of H-pyrrole nitrogens is 1. The van der Waals surface area contributed by atoms with Crippen molar-refractivity contribution in [1.29, 1.82) is 0 Å². The first-order chi connectivity index (χ1) is 12.0. The summed E-state index contributed by atoms with van der Waals surface area (Å²) in [6, 6.07) is 7.08. The number of rotatable bonds is 6. The first-order valence-corrected chi connectivity index (χ1v) is 8.30. The first-order valence-electron chi connectivity index (χ1n) is 8.30. The quantitative estimate of drug-likeness (QED) is 0.845. The number of aliphatic hydroxyl groups excluding tert-OH is 1. The molecule has 0 aliphatic carbocycles. The number of aliphatic hydroxyl groups is 1. The van der Waals surface area contributed by atoms with Crippen LogP contribution in [0.25, 0.3) is 10.9 Å². The van der Waals surface area contributed by atoms with E-state index in [0.717, 1.165) is 16.5 Å². The molecular weight excluding hydrogens is 320 g/mol. The molecule has 1 unspecified atom stereocenters. The summed E-state index contributed by atoms with van der Waals surface area (Å²) < 4.78 is 5.10. The van der Waals surface area contributed by atoms with Crippen molar-refractivity contribution in [3.63, 3.8) is 0 Å². The van der Waals surface area contributed by atoms with Crippen LogP contribution in [0.15, 0.2) is 41.8 Å². The molecule has 2 heterocycles. The fourth-order valence-electron chi connectivity index (χ4n) is 3.28. The number of nitrogens with one attached hydrogen (secondary N) is 1. The van der Waals surface area contributed by atoms with Gasteiger partial charge in [-0.1, -0.05) is 32.0 Å². The summed E-state index contributed by atoms with van der Waals surface area (Å²) in [5.74, 6) is -1.53. The minimum absolute atomic E-state index is 0.167. The summed E-state index contributed by atoms with van der Waals surface area (Å²) in [7, 11) is 1.55. The summed E-state index contributed by atoms with van der Waals surface area (Å²) in [5.41, 5.74) is 1.88. The molecule has 0 bridgehead atoms. The summed E-state index contributed by atoms with van der Waals surface area (Å²) in [6.07, 6.45) is 1.80. The number of nitrogens with zero attached hydrogens (tertiary/aromatic N) is 1. The Morgan fingerprint density at radius 2 is 2.08 bits per heavy atom. The highest BCUT2D eigenvalue weighted by molar-refractivity contribution is 6.10. The number of aromatic nitrogens is 1. The predicted molar refractivity (Wildman–Crippen MR) is 94.1 cm³/mol. The molecule has 132 valence electrons. The predicted octanol–water partition coefficient (Wildman–Crippen LogP) is 2.73. The van der Waals surface area contributed by atoms with Gasteiger partial charge in [-0.05, 0) is 6.07 Å². The molecule has 6 nitrogen and oxygen atoms in total. The highest BCUT2D eigenvalue weighted by Crippen LogP contribution is 2.41. The van der Waals surface area contributed by atoms with E-state index in [1.807, 2.05) is 24.3 Å². The zero-order valence-corrected chi connectivity index (χ0v) is 14.6. The van der Waals surface area contributed by atoms with E-state index >= 15 is 0 Å². The Morgan fingerprint density at radius 3 is 2.76 bits per heavy atom. The van der Waals surface area contributed by atoms with Crippen molar-refractivity contribution in [3.05, 3.63) is 47.4 Å². The fourth-order valence-corrected chi connectivity index (χ4v) is 3.28. The normalized spacial score (nSPS) is 18.0. The maximum absolute atomic E-state index is 12.7. The standard InChI is InChI=1S/C19H22N2O4/c1-11(2)17(22)15-16(21(8-9-25-3)19(24)18(15)23)13-10-20-14-7-5-4-6-12(13)14/h4-7,10-11,16,20,23H,8-9H2,1-3H3. The van der Waals surface area contributed by atoms with Gasteiger partial charge in [-0.2, -0.15) is 0 Å². The van der Waals surface area contributed by atoms with Gasteiger partial charge in [0.05, 0.1) is 18.2 Å². The van der Waals surface area contributed by atoms with Gasteiger partial charge < -0.3 is 19.7 Å². The maximum atomic E-state index is 12.7. The molecule has 1 aromatic heterocycles. The Kier molecular flexibility index (Phi) is 4.63. The van der Waals surface area contributed by atoms with Crippen molar-refractivity contribution in [1.82, 2.24) is 9.88 Å². The van der Waals surface area contributed by atoms with E-state index in [1.54, 1.807) is 27.2 Å². The topological polar surface area (TPSA) is 82.6 Å². The van der Waals surface area contributed by atoms with Crippen molar-refractivity contribution in [2.45, 2.75) is 19.9 Å². The van der Waals surface area contributed by atoms with E-state index in [1.165, 1.54) is 4.90 Å². The number of ether oxygens (including phenoxy) is 1. The average molecular weight is 342 g/mol. The highest BCUT2D eigenvalue weighted by Gasteiger charge is 2.44. The highest BCUT2D eigenvalue weighted by atomic mass is 16.5. The van der Waals surface area contributed by atoms with E-state index < -0.39 is 17.7 Å². The second kappa shape index (κ2) is 6.72. The number of carbonyl (C=O) groups excluding carboxylic acids is 2. The van der Waals surface area contributed by atoms with Crippen LogP contribution in [0.1, 0.15) is 25.5 Å². The van der Waals surface area contributed by atoms with E-state index in [0.29, 0.717) is 13.2 Å². The molecule has 0 spiro atoms. The van der Waals surface area contributed by atoms with Gasteiger partial charge in [0, 0.05) is 42.2 Å². The summed E-state index contributed by atoms with van der Waals surface area (Å²) in [4.78, 5) is 30.0. The van der Waals surface area contributed by atoms with Crippen LogP contribution in [0.2, 0.25) is 0 Å². The number of amides is 1. The second-order valence-corrected chi connectivity index (χ2v) is 6.46. The van der Waals surface area contributed by atoms with Crippen molar-refractivity contribution < 1.29 is 19.4 Å². The smallest absolute Gasteiger partial charge is 0.290 e. The van der Waals surface area contributed by atoms with Gasteiger partial charge in [-0.25, -0.2) is 0 Å². The number of methoxy groups -OCH3 is 1. The Hall–Kier alpha value is -2.60. The third kappa shape index (κ3) is 2.82. The van der Waals surface area contributed by atoms with Gasteiger partial charge in [0.1, 0.15) is 0 Å². The third-order valence-corrected chi connectivity index (χ3v) is 4.55. The average Bonchev–Trinajstić information content (AvgIpc) is 3.12. The zero-order chi connectivity index (χ0) is 18.1. The van der Waals surface area contributed by atoms with Gasteiger partial charge in [0.2, 0.25) is 0 Å². The molecule has 0 saturated heterocycles. The molecule has 1 atom stereocenters. The van der Waals surface area contributed by atoms with Crippen molar-refractivity contribution in [3.8, 4) is 0 Å². The van der Waals surface area contributed by atoms with E-state index in [-0.39, 0.29) is 17.3 Å². The minimum Gasteiger partial charge on any atom is -0.503 e. The Labute approximate surface area is 146 Å². The van der Waals surface area contributed by atoms with Crippen LogP contribution in [0.5, 0.6) is 0 Å².